The molecule has 37 heavy (non-hydrogen) atoms. The van der Waals surface area contributed by atoms with Gasteiger partial charge in [-0.1, -0.05) is 0 Å². The van der Waals surface area contributed by atoms with Crippen LogP contribution in [0.5, 0.6) is 0 Å². The molecule has 3 aliphatic rings. The van der Waals surface area contributed by atoms with Crippen LogP contribution in [0.1, 0.15) is 53.4 Å². The van der Waals surface area contributed by atoms with Crippen LogP contribution in [0.15, 0.2) is 0 Å². The molecule has 0 bridgehead atoms. The maximum atomic E-state index is 12.5. The van der Waals surface area contributed by atoms with Gasteiger partial charge in [-0.25, -0.2) is 4.79 Å². The quantitative estimate of drug-likeness (QED) is 0.372. The van der Waals surface area contributed by atoms with Crippen molar-refractivity contribution in [1.82, 2.24) is 24.9 Å². The number of halogens is 1. The molecule has 12 nitrogen and oxygen atoms in total. The second-order valence-corrected chi connectivity index (χ2v) is 10.9. The van der Waals surface area contributed by atoms with E-state index >= 15 is 0 Å². The number of carbonyl (C=O) groups is 4. The Kier molecular flexibility index (Phi) is 12.6. The van der Waals surface area contributed by atoms with Crippen LogP contribution >= 0.6 is 12.4 Å². The Morgan fingerprint density at radius 3 is 1.62 bits per heavy atom. The Morgan fingerprint density at radius 1 is 0.757 bits per heavy atom. The van der Waals surface area contributed by atoms with Gasteiger partial charge in [-0.15, -0.1) is 12.4 Å². The minimum atomic E-state index is -1.06. The monoisotopic (exact) mass is 549 g/mol. The molecule has 3 saturated heterocycles. The lowest BCUT2D eigenvalue weighted by atomic mass is 10.0. The molecular formula is C24H44ClN5O7. The molecule has 3 fully saturated rings. The van der Waals surface area contributed by atoms with E-state index in [4.69, 9.17) is 5.11 Å². The first-order chi connectivity index (χ1) is 16.7. The summed E-state index contributed by atoms with van der Waals surface area (Å²) in [6.45, 7) is 11.8. The SMILES string of the molecule is CC(C)(O)CC(=O)N1CCN(C(=O)[C@@H]2CCCN2C(=O)O)CC1.CC(C)(O)CC(=O)N1CCNCC1.Cl. The second-order valence-electron chi connectivity index (χ2n) is 10.9. The van der Waals surface area contributed by atoms with Gasteiger partial charge in [0.05, 0.1) is 24.0 Å². The Bertz CT molecular complexity index is 785. The molecule has 3 aliphatic heterocycles. The Hall–Kier alpha value is -2.15. The molecule has 0 radical (unpaired) electrons. The van der Waals surface area contributed by atoms with E-state index in [9.17, 15) is 29.4 Å². The second kappa shape index (κ2) is 14.1. The van der Waals surface area contributed by atoms with Crippen LogP contribution in [0.2, 0.25) is 0 Å². The van der Waals surface area contributed by atoms with E-state index in [0.29, 0.717) is 45.6 Å². The van der Waals surface area contributed by atoms with Crippen LogP contribution in [0.25, 0.3) is 0 Å². The van der Waals surface area contributed by atoms with E-state index in [0.717, 1.165) is 26.2 Å². The number of nitrogens with one attached hydrogen (secondary N) is 1. The highest BCUT2D eigenvalue weighted by Crippen LogP contribution is 2.20. The lowest BCUT2D eigenvalue weighted by Crippen LogP contribution is -2.55. The van der Waals surface area contributed by atoms with Crippen molar-refractivity contribution >= 4 is 36.2 Å². The van der Waals surface area contributed by atoms with Crippen LogP contribution < -0.4 is 5.32 Å². The summed E-state index contributed by atoms with van der Waals surface area (Å²) in [7, 11) is 0. The number of likely N-dealkylation sites (tertiary alicyclic amines) is 1. The van der Waals surface area contributed by atoms with E-state index in [-0.39, 0.29) is 43.0 Å². The zero-order valence-corrected chi connectivity index (χ0v) is 23.3. The normalized spacial score (nSPS) is 20.5. The van der Waals surface area contributed by atoms with Crippen LogP contribution in [0, 0.1) is 0 Å². The Balaban J connectivity index is 0.000000417. The van der Waals surface area contributed by atoms with Crippen molar-refractivity contribution in [3.63, 3.8) is 0 Å². The average Bonchev–Trinajstić information content (AvgIpc) is 3.28. The zero-order chi connectivity index (χ0) is 27.1. The largest absolute Gasteiger partial charge is 0.465 e. The fourth-order valence-electron chi connectivity index (χ4n) is 4.52. The Labute approximate surface area is 225 Å². The summed E-state index contributed by atoms with van der Waals surface area (Å²) in [5.41, 5.74) is -1.93. The van der Waals surface area contributed by atoms with Crippen molar-refractivity contribution in [2.24, 2.45) is 0 Å². The van der Waals surface area contributed by atoms with Crippen LogP contribution in [-0.2, 0) is 14.4 Å². The Morgan fingerprint density at radius 2 is 1.19 bits per heavy atom. The number of carboxylic acid groups (broad SMARTS) is 1. The van der Waals surface area contributed by atoms with E-state index in [1.54, 1.807) is 42.4 Å². The minimum Gasteiger partial charge on any atom is -0.465 e. The van der Waals surface area contributed by atoms with Crippen molar-refractivity contribution < 1.29 is 34.5 Å². The molecule has 13 heteroatoms. The van der Waals surface area contributed by atoms with Gasteiger partial charge in [-0.3, -0.25) is 19.3 Å². The number of aliphatic hydroxyl groups is 2. The summed E-state index contributed by atoms with van der Waals surface area (Å²) in [5, 5.41) is 31.5. The van der Waals surface area contributed by atoms with Crippen molar-refractivity contribution in [2.45, 2.75) is 70.6 Å². The third-order valence-corrected chi connectivity index (χ3v) is 6.36. The summed E-state index contributed by atoms with van der Waals surface area (Å²) in [6, 6.07) is -0.592. The van der Waals surface area contributed by atoms with Crippen molar-refractivity contribution in [1.29, 1.82) is 0 Å². The topological polar surface area (TPSA) is 154 Å². The molecule has 0 aromatic carbocycles. The first-order valence-corrected chi connectivity index (χ1v) is 12.7. The number of carbonyl (C=O) groups excluding carboxylic acids is 3. The number of amides is 4. The van der Waals surface area contributed by atoms with Gasteiger partial charge in [0, 0.05) is 58.9 Å². The number of piperazine rings is 2. The van der Waals surface area contributed by atoms with Crippen molar-refractivity contribution in [2.75, 3.05) is 58.9 Å². The predicted octanol–water partition coefficient (Wildman–Crippen LogP) is -0.0384. The zero-order valence-electron chi connectivity index (χ0n) is 22.4. The van der Waals surface area contributed by atoms with E-state index in [1.807, 2.05) is 0 Å². The molecule has 214 valence electrons. The molecule has 0 aromatic heterocycles. The maximum Gasteiger partial charge on any atom is 0.407 e. The summed E-state index contributed by atoms with van der Waals surface area (Å²) in [4.78, 5) is 53.6. The van der Waals surface area contributed by atoms with Gasteiger partial charge in [-0.2, -0.15) is 0 Å². The molecule has 4 amide bonds. The van der Waals surface area contributed by atoms with Gasteiger partial charge in [0.2, 0.25) is 17.7 Å². The van der Waals surface area contributed by atoms with E-state index in [1.165, 1.54) is 4.90 Å². The summed E-state index contributed by atoms with van der Waals surface area (Å²) < 4.78 is 0. The van der Waals surface area contributed by atoms with E-state index in [2.05, 4.69) is 5.32 Å². The first-order valence-electron chi connectivity index (χ1n) is 12.7. The smallest absolute Gasteiger partial charge is 0.407 e. The lowest BCUT2D eigenvalue weighted by Gasteiger charge is -2.37. The van der Waals surface area contributed by atoms with Crippen LogP contribution in [-0.4, -0.2) is 135 Å². The van der Waals surface area contributed by atoms with Gasteiger partial charge in [0.15, 0.2) is 0 Å². The minimum absolute atomic E-state index is 0. The average molecular weight is 550 g/mol. The van der Waals surface area contributed by atoms with E-state index < -0.39 is 23.3 Å². The highest BCUT2D eigenvalue weighted by molar-refractivity contribution is 5.86. The number of nitrogens with zero attached hydrogens (tertiary/aromatic N) is 4. The highest BCUT2D eigenvalue weighted by Gasteiger charge is 2.38. The molecule has 4 N–H and O–H groups in total. The van der Waals surface area contributed by atoms with Crippen molar-refractivity contribution in [3.05, 3.63) is 0 Å². The molecule has 0 unspecified atom stereocenters. The molecule has 0 aliphatic carbocycles. The third-order valence-electron chi connectivity index (χ3n) is 6.36. The first kappa shape index (κ1) is 32.9. The molecule has 3 rings (SSSR count). The molecule has 3 heterocycles. The van der Waals surface area contributed by atoms with Crippen molar-refractivity contribution in [3.8, 4) is 0 Å². The van der Waals surface area contributed by atoms with Gasteiger partial charge in [0.25, 0.3) is 0 Å². The maximum absolute atomic E-state index is 12.5. The lowest BCUT2D eigenvalue weighted by molar-refractivity contribution is -0.143. The van der Waals surface area contributed by atoms with Gasteiger partial charge >= 0.3 is 6.09 Å². The summed E-state index contributed by atoms with van der Waals surface area (Å²) >= 11 is 0. The van der Waals surface area contributed by atoms with Crippen LogP contribution in [0.3, 0.4) is 0 Å². The molecule has 0 aromatic rings. The third kappa shape index (κ3) is 11.0. The predicted molar refractivity (Wildman–Crippen MR) is 139 cm³/mol. The highest BCUT2D eigenvalue weighted by atomic mass is 35.5. The molecule has 0 saturated carbocycles. The fourth-order valence-corrected chi connectivity index (χ4v) is 4.52. The standard InChI is InChI=1S/C15H25N3O5.C9H18N2O2.ClH/c1-15(2,23)10-12(19)16-6-8-17(9-7-16)13(20)11-4-3-5-18(11)14(21)22;1-9(2,13)7-8(12)11-5-3-10-4-6-11;/h11,23H,3-10H2,1-2H3,(H,21,22);10,13H,3-7H2,1-2H3;1H/t11-;;/m0../s1. The fraction of sp³-hybridized carbons (Fsp3) is 0.833. The number of rotatable bonds is 5. The number of hydrogen-bond acceptors (Lipinski definition) is 7. The molecule has 1 atom stereocenters. The van der Waals surface area contributed by atoms with Gasteiger partial charge in [-0.05, 0) is 40.5 Å². The summed E-state index contributed by atoms with van der Waals surface area (Å²) in [5.74, 6) is -0.244. The molecule has 0 spiro atoms. The number of hydrogen-bond donors (Lipinski definition) is 4. The molecular weight excluding hydrogens is 506 g/mol. The van der Waals surface area contributed by atoms with Crippen LogP contribution in [0.4, 0.5) is 4.79 Å². The van der Waals surface area contributed by atoms with Gasteiger partial charge < -0.3 is 35.3 Å². The summed E-state index contributed by atoms with van der Waals surface area (Å²) in [6.07, 6.45) is 0.471. The van der Waals surface area contributed by atoms with Gasteiger partial charge in [0.1, 0.15) is 6.04 Å².